The van der Waals surface area contributed by atoms with Crippen molar-refractivity contribution in [1.29, 1.82) is 0 Å². The Morgan fingerprint density at radius 2 is 0.797 bits per heavy atom. The molecule has 0 bridgehead atoms. The van der Waals surface area contributed by atoms with Gasteiger partial charge in [-0.25, -0.2) is 9.97 Å². The first kappa shape index (κ1) is 34.6. The maximum absolute atomic E-state index is 5.47. The first-order valence-electron chi connectivity index (χ1n) is 20.2. The fourth-order valence-electron chi connectivity index (χ4n) is 8.80. The predicted molar refractivity (Wildman–Crippen MR) is 249 cm³/mol. The number of hydrogen-bond donors (Lipinski definition) is 0. The third kappa shape index (κ3) is 6.23. The Kier molecular flexibility index (Phi) is 8.41. The highest BCUT2D eigenvalue weighted by Gasteiger charge is 2.19. The molecule has 0 saturated carbocycles. The average Bonchev–Trinajstić information content (AvgIpc) is 3.31. The van der Waals surface area contributed by atoms with Crippen LogP contribution in [0.1, 0.15) is 5.56 Å². The molecule has 1 heterocycles. The van der Waals surface area contributed by atoms with E-state index in [0.717, 1.165) is 44.8 Å². The molecular formula is C57H38N2. The van der Waals surface area contributed by atoms with Gasteiger partial charge in [-0.2, -0.15) is 0 Å². The van der Waals surface area contributed by atoms with Crippen LogP contribution in [0.4, 0.5) is 0 Å². The van der Waals surface area contributed by atoms with Gasteiger partial charge in [0.25, 0.3) is 0 Å². The fourth-order valence-corrected chi connectivity index (χ4v) is 8.80. The van der Waals surface area contributed by atoms with Crippen LogP contribution in [-0.4, -0.2) is 9.97 Å². The number of aromatic nitrogens is 2. The van der Waals surface area contributed by atoms with Crippen LogP contribution in [-0.2, 0) is 0 Å². The molecular weight excluding hydrogens is 713 g/mol. The zero-order valence-corrected chi connectivity index (χ0v) is 32.6. The van der Waals surface area contributed by atoms with Gasteiger partial charge in [-0.05, 0) is 108 Å². The Hall–Kier alpha value is -7.68. The lowest BCUT2D eigenvalue weighted by molar-refractivity contribution is 1.15. The van der Waals surface area contributed by atoms with E-state index in [2.05, 4.69) is 219 Å². The van der Waals surface area contributed by atoms with Gasteiger partial charge in [0.1, 0.15) is 0 Å². The molecule has 59 heavy (non-hydrogen) atoms. The lowest BCUT2D eigenvalue weighted by Crippen LogP contribution is -2.01. The van der Waals surface area contributed by atoms with Gasteiger partial charge in [-0.15, -0.1) is 0 Å². The van der Waals surface area contributed by atoms with E-state index in [9.17, 15) is 0 Å². The van der Waals surface area contributed by atoms with Crippen LogP contribution in [0, 0.1) is 6.92 Å². The summed E-state index contributed by atoms with van der Waals surface area (Å²) in [4.78, 5) is 10.9. The molecule has 2 heteroatoms. The maximum Gasteiger partial charge on any atom is 0.160 e. The van der Waals surface area contributed by atoms with Gasteiger partial charge in [-0.3, -0.25) is 0 Å². The number of nitrogens with zero attached hydrogens (tertiary/aromatic N) is 2. The third-order valence-electron chi connectivity index (χ3n) is 11.8. The predicted octanol–water partition coefficient (Wildman–Crippen LogP) is 15.4. The van der Waals surface area contributed by atoms with Crippen molar-refractivity contribution in [2.45, 2.75) is 6.92 Å². The van der Waals surface area contributed by atoms with Crippen molar-refractivity contribution in [3.05, 3.63) is 218 Å². The largest absolute Gasteiger partial charge is 0.228 e. The molecule has 0 atom stereocenters. The highest BCUT2D eigenvalue weighted by atomic mass is 14.9. The minimum atomic E-state index is 0.701. The summed E-state index contributed by atoms with van der Waals surface area (Å²) in [5.74, 6) is 0.701. The van der Waals surface area contributed by atoms with E-state index < -0.39 is 0 Å². The van der Waals surface area contributed by atoms with Crippen molar-refractivity contribution >= 4 is 43.1 Å². The standard InChI is InChI=1S/C57H38N2/c1-37-55(47-32-31-44-33-43(29-30-45(44)34-47)38-13-3-2-4-14-38)58-57(59-56(37)54-36-46-16-6-8-21-51(46)52-22-9-10-23-53(52)54)48-19-11-18-42(35-48)39-25-27-41(28-26-39)50-24-12-17-40-15-5-7-20-49(40)50/h2-36H,1H3. The lowest BCUT2D eigenvalue weighted by atomic mass is 9.92. The highest BCUT2D eigenvalue weighted by molar-refractivity contribution is 6.14. The third-order valence-corrected chi connectivity index (χ3v) is 11.8. The summed E-state index contributed by atoms with van der Waals surface area (Å²) in [6.07, 6.45) is 0. The van der Waals surface area contributed by atoms with Crippen molar-refractivity contribution in [3.8, 4) is 67.3 Å². The molecule has 0 aliphatic heterocycles. The van der Waals surface area contributed by atoms with E-state index in [4.69, 9.17) is 9.97 Å². The summed E-state index contributed by atoms with van der Waals surface area (Å²) in [6, 6.07) is 76.3. The summed E-state index contributed by atoms with van der Waals surface area (Å²) in [5, 5.41) is 9.70. The monoisotopic (exact) mass is 750 g/mol. The molecule has 0 aliphatic rings. The Morgan fingerprint density at radius 3 is 1.61 bits per heavy atom. The first-order chi connectivity index (χ1) is 29.1. The SMILES string of the molecule is Cc1c(-c2ccc3cc(-c4ccccc4)ccc3c2)nc(-c2cccc(-c3ccc(-c4cccc5ccccc45)cc3)c2)nc1-c1cc2ccccc2c2ccccc12. The number of fused-ring (bicyclic) bond motifs is 5. The zero-order valence-electron chi connectivity index (χ0n) is 32.6. The molecule has 0 aliphatic carbocycles. The average molecular weight is 751 g/mol. The van der Waals surface area contributed by atoms with Gasteiger partial charge in [0.2, 0.25) is 0 Å². The zero-order chi connectivity index (χ0) is 39.3. The molecule has 0 spiro atoms. The quantitative estimate of drug-likeness (QED) is 0.158. The molecule has 11 aromatic rings. The molecule has 2 nitrogen and oxygen atoms in total. The minimum Gasteiger partial charge on any atom is -0.228 e. The lowest BCUT2D eigenvalue weighted by Gasteiger charge is -2.17. The summed E-state index contributed by atoms with van der Waals surface area (Å²) in [6.45, 7) is 2.18. The summed E-state index contributed by atoms with van der Waals surface area (Å²) < 4.78 is 0. The van der Waals surface area contributed by atoms with Gasteiger partial charge < -0.3 is 0 Å². The molecule has 10 aromatic carbocycles. The van der Waals surface area contributed by atoms with E-state index in [0.29, 0.717) is 5.82 Å². The van der Waals surface area contributed by atoms with Crippen LogP contribution in [0.5, 0.6) is 0 Å². The minimum absolute atomic E-state index is 0.701. The van der Waals surface area contributed by atoms with Crippen LogP contribution >= 0.6 is 0 Å². The van der Waals surface area contributed by atoms with Gasteiger partial charge in [-0.1, -0.05) is 188 Å². The van der Waals surface area contributed by atoms with Crippen LogP contribution in [0.2, 0.25) is 0 Å². The van der Waals surface area contributed by atoms with Crippen LogP contribution in [0.3, 0.4) is 0 Å². The molecule has 1 aromatic heterocycles. The highest BCUT2D eigenvalue weighted by Crippen LogP contribution is 2.40. The topological polar surface area (TPSA) is 25.8 Å². The van der Waals surface area contributed by atoms with Crippen molar-refractivity contribution in [3.63, 3.8) is 0 Å². The smallest absolute Gasteiger partial charge is 0.160 e. The number of benzene rings is 10. The molecule has 0 N–H and O–H groups in total. The Morgan fingerprint density at radius 1 is 0.271 bits per heavy atom. The maximum atomic E-state index is 5.47. The van der Waals surface area contributed by atoms with Gasteiger partial charge in [0, 0.05) is 22.3 Å². The van der Waals surface area contributed by atoms with Crippen LogP contribution in [0.15, 0.2) is 212 Å². The van der Waals surface area contributed by atoms with E-state index in [1.807, 2.05) is 0 Å². The number of rotatable bonds is 6. The summed E-state index contributed by atoms with van der Waals surface area (Å²) in [7, 11) is 0. The molecule has 11 rings (SSSR count). The molecule has 0 fully saturated rings. The van der Waals surface area contributed by atoms with E-state index >= 15 is 0 Å². The second kappa shape index (κ2) is 14.4. The van der Waals surface area contributed by atoms with Crippen LogP contribution < -0.4 is 0 Å². The molecule has 0 unspecified atom stereocenters. The molecule has 0 saturated heterocycles. The van der Waals surface area contributed by atoms with Gasteiger partial charge >= 0.3 is 0 Å². The van der Waals surface area contributed by atoms with Gasteiger partial charge in [0.15, 0.2) is 5.82 Å². The number of hydrogen-bond acceptors (Lipinski definition) is 2. The van der Waals surface area contributed by atoms with E-state index in [1.54, 1.807) is 0 Å². The van der Waals surface area contributed by atoms with Crippen LogP contribution in [0.25, 0.3) is 110 Å². The molecule has 0 amide bonds. The van der Waals surface area contributed by atoms with Crippen molar-refractivity contribution in [2.24, 2.45) is 0 Å². The second-order valence-electron chi connectivity index (χ2n) is 15.4. The molecule has 276 valence electrons. The van der Waals surface area contributed by atoms with Crippen molar-refractivity contribution in [2.75, 3.05) is 0 Å². The van der Waals surface area contributed by atoms with E-state index in [1.165, 1.54) is 65.3 Å². The summed E-state index contributed by atoms with van der Waals surface area (Å²) >= 11 is 0. The van der Waals surface area contributed by atoms with E-state index in [-0.39, 0.29) is 0 Å². The van der Waals surface area contributed by atoms with Gasteiger partial charge in [0.05, 0.1) is 11.4 Å². The Labute approximate surface area is 343 Å². The molecule has 0 radical (unpaired) electrons. The fraction of sp³-hybridized carbons (Fsp3) is 0.0175. The Bertz CT molecular complexity index is 3380. The summed E-state index contributed by atoms with van der Waals surface area (Å²) in [5.41, 5.74) is 13.2. The van der Waals surface area contributed by atoms with Crippen molar-refractivity contribution in [1.82, 2.24) is 9.97 Å². The Balaban J connectivity index is 1.06. The second-order valence-corrected chi connectivity index (χ2v) is 15.4. The first-order valence-corrected chi connectivity index (χ1v) is 20.2. The van der Waals surface area contributed by atoms with Crippen molar-refractivity contribution < 1.29 is 0 Å². The normalized spacial score (nSPS) is 11.5.